The molecule has 1 aromatic rings. The zero-order valence-electron chi connectivity index (χ0n) is 8.70. The van der Waals surface area contributed by atoms with Crippen molar-refractivity contribution in [2.75, 3.05) is 0 Å². The Bertz CT molecular complexity index is 414. The predicted molar refractivity (Wildman–Crippen MR) is 61.6 cm³/mol. The maximum Gasteiger partial charge on any atom is 0.251 e. The Balaban J connectivity index is 2.02. The lowest BCUT2D eigenvalue weighted by Gasteiger charge is -2.10. The second-order valence-electron chi connectivity index (χ2n) is 3.89. The van der Waals surface area contributed by atoms with E-state index in [1.165, 1.54) is 0 Å². The third kappa shape index (κ3) is 2.42. The number of halogens is 1. The van der Waals surface area contributed by atoms with Crippen LogP contribution in [0, 0.1) is 0 Å². The molecule has 84 valence electrons. The van der Waals surface area contributed by atoms with Crippen molar-refractivity contribution in [3.05, 3.63) is 34.9 Å². The largest absolute Gasteiger partial charge is 0.342 e. The highest BCUT2D eigenvalue weighted by molar-refractivity contribution is 6.30. The summed E-state index contributed by atoms with van der Waals surface area (Å²) in [5.41, 5.74) is 0.532. The summed E-state index contributed by atoms with van der Waals surface area (Å²) >= 11 is 5.72. The Hall–Kier alpha value is -1.35. The van der Waals surface area contributed by atoms with Crippen LogP contribution in [0.4, 0.5) is 0 Å². The summed E-state index contributed by atoms with van der Waals surface area (Å²) in [4.78, 5) is 23.1. The van der Waals surface area contributed by atoms with E-state index in [0.29, 0.717) is 17.0 Å². The number of hydrogen-bond acceptors (Lipinski definition) is 2. The van der Waals surface area contributed by atoms with Crippen LogP contribution in [0.5, 0.6) is 0 Å². The fraction of sp³-hybridized carbons (Fsp3) is 0.333. The number of benzene rings is 1. The van der Waals surface area contributed by atoms with Gasteiger partial charge in [-0.2, -0.15) is 0 Å². The number of Topliss-reactive ketones (excluding diaryl/α,β-unsaturated/α-hetero) is 1. The van der Waals surface area contributed by atoms with Crippen LogP contribution in [-0.2, 0) is 4.79 Å². The summed E-state index contributed by atoms with van der Waals surface area (Å²) in [5, 5.41) is 3.32. The van der Waals surface area contributed by atoms with E-state index in [1.54, 1.807) is 24.3 Å². The van der Waals surface area contributed by atoms with E-state index in [0.717, 1.165) is 12.8 Å². The first-order valence-electron chi connectivity index (χ1n) is 5.26. The zero-order valence-corrected chi connectivity index (χ0v) is 9.46. The lowest BCUT2D eigenvalue weighted by atomic mass is 10.2. The molecule has 1 saturated carbocycles. The molecule has 0 saturated heterocycles. The molecule has 1 N–H and O–H groups in total. The Kier molecular flexibility index (Phi) is 3.25. The first-order valence-corrected chi connectivity index (χ1v) is 5.64. The number of carbonyl (C=O) groups is 2. The molecule has 0 heterocycles. The number of amides is 1. The topological polar surface area (TPSA) is 46.2 Å². The van der Waals surface area contributed by atoms with Crippen LogP contribution in [0.3, 0.4) is 0 Å². The minimum Gasteiger partial charge on any atom is -0.342 e. The van der Waals surface area contributed by atoms with Gasteiger partial charge in [-0.3, -0.25) is 9.59 Å². The van der Waals surface area contributed by atoms with Crippen LogP contribution in [0.15, 0.2) is 24.3 Å². The molecule has 1 aromatic carbocycles. The zero-order chi connectivity index (χ0) is 11.5. The molecule has 1 fully saturated rings. The van der Waals surface area contributed by atoms with Gasteiger partial charge >= 0.3 is 0 Å². The van der Waals surface area contributed by atoms with Gasteiger partial charge in [0.15, 0.2) is 5.78 Å². The van der Waals surface area contributed by atoms with Gasteiger partial charge in [-0.1, -0.05) is 11.6 Å². The van der Waals surface area contributed by atoms with Crippen molar-refractivity contribution >= 4 is 23.3 Å². The second kappa shape index (κ2) is 4.66. The Morgan fingerprint density at radius 3 is 2.56 bits per heavy atom. The third-order valence-corrected chi connectivity index (χ3v) is 2.97. The lowest BCUT2D eigenvalue weighted by Crippen LogP contribution is -2.37. The van der Waals surface area contributed by atoms with E-state index in [1.807, 2.05) is 0 Å². The molecule has 3 nitrogen and oxygen atoms in total. The van der Waals surface area contributed by atoms with Crippen molar-refractivity contribution in [3.63, 3.8) is 0 Å². The average molecular weight is 238 g/mol. The van der Waals surface area contributed by atoms with Gasteiger partial charge in [0.25, 0.3) is 5.91 Å². The molecule has 1 aliphatic rings. The molecule has 2 rings (SSSR count). The molecule has 0 aromatic heterocycles. The fourth-order valence-corrected chi connectivity index (χ4v) is 1.94. The highest BCUT2D eigenvalue weighted by Gasteiger charge is 2.25. The second-order valence-corrected chi connectivity index (χ2v) is 4.33. The summed E-state index contributed by atoms with van der Waals surface area (Å²) in [7, 11) is 0. The third-order valence-electron chi connectivity index (χ3n) is 2.72. The first kappa shape index (κ1) is 11.1. The lowest BCUT2D eigenvalue weighted by molar-refractivity contribution is -0.118. The van der Waals surface area contributed by atoms with Crippen LogP contribution in [0.2, 0.25) is 5.02 Å². The highest BCUT2D eigenvalue weighted by Crippen LogP contribution is 2.15. The molecule has 0 aliphatic heterocycles. The summed E-state index contributed by atoms with van der Waals surface area (Å²) in [5.74, 6) is -0.0840. The maximum atomic E-state index is 11.8. The van der Waals surface area contributed by atoms with E-state index in [-0.39, 0.29) is 17.7 Å². The van der Waals surface area contributed by atoms with Gasteiger partial charge in [0.05, 0.1) is 6.04 Å². The molecule has 4 heteroatoms. The van der Waals surface area contributed by atoms with Crippen molar-refractivity contribution in [1.29, 1.82) is 0 Å². The first-order chi connectivity index (χ1) is 7.66. The Labute approximate surface area is 98.8 Å². The molecule has 0 spiro atoms. The smallest absolute Gasteiger partial charge is 0.251 e. The molecule has 0 unspecified atom stereocenters. The molecule has 0 radical (unpaired) electrons. The number of ketones is 1. The Morgan fingerprint density at radius 2 is 2.00 bits per heavy atom. The predicted octanol–water partition coefficient (Wildman–Crippen LogP) is 2.19. The number of rotatable bonds is 2. The van der Waals surface area contributed by atoms with Gasteiger partial charge in [-0.25, -0.2) is 0 Å². The molecule has 0 bridgehead atoms. The number of carbonyl (C=O) groups excluding carboxylic acids is 2. The van der Waals surface area contributed by atoms with Crippen LogP contribution in [0.1, 0.15) is 29.6 Å². The molecule has 1 atom stereocenters. The van der Waals surface area contributed by atoms with Crippen LogP contribution < -0.4 is 5.32 Å². The van der Waals surface area contributed by atoms with E-state index in [2.05, 4.69) is 5.32 Å². The summed E-state index contributed by atoms with van der Waals surface area (Å²) < 4.78 is 0. The summed E-state index contributed by atoms with van der Waals surface area (Å²) in [6, 6.07) is 6.32. The van der Waals surface area contributed by atoms with Gasteiger partial charge in [0.1, 0.15) is 0 Å². The molecule has 16 heavy (non-hydrogen) atoms. The highest BCUT2D eigenvalue weighted by atomic mass is 35.5. The van der Waals surface area contributed by atoms with Gasteiger partial charge < -0.3 is 5.32 Å². The van der Waals surface area contributed by atoms with Crippen molar-refractivity contribution in [1.82, 2.24) is 5.32 Å². The van der Waals surface area contributed by atoms with Crippen molar-refractivity contribution in [2.24, 2.45) is 0 Å². The average Bonchev–Trinajstić information content (AvgIpc) is 2.65. The van der Waals surface area contributed by atoms with Crippen molar-refractivity contribution < 1.29 is 9.59 Å². The van der Waals surface area contributed by atoms with E-state index < -0.39 is 0 Å². The van der Waals surface area contributed by atoms with E-state index in [9.17, 15) is 9.59 Å². The van der Waals surface area contributed by atoms with Crippen LogP contribution >= 0.6 is 11.6 Å². The quantitative estimate of drug-likeness (QED) is 0.857. The SMILES string of the molecule is O=C(N[C@@H]1CCCC1=O)c1ccc(Cl)cc1. The van der Waals surface area contributed by atoms with Crippen LogP contribution in [0.25, 0.3) is 0 Å². The van der Waals surface area contributed by atoms with E-state index >= 15 is 0 Å². The van der Waals surface area contributed by atoms with Gasteiger partial charge in [-0.15, -0.1) is 0 Å². The Morgan fingerprint density at radius 1 is 1.31 bits per heavy atom. The molecule has 1 aliphatic carbocycles. The van der Waals surface area contributed by atoms with Crippen LogP contribution in [-0.4, -0.2) is 17.7 Å². The monoisotopic (exact) mass is 237 g/mol. The number of hydrogen-bond donors (Lipinski definition) is 1. The standard InChI is InChI=1S/C12H12ClNO2/c13-9-6-4-8(5-7-9)12(16)14-10-2-1-3-11(10)15/h4-7,10H,1-3H2,(H,14,16)/t10-/m1/s1. The minimum absolute atomic E-state index is 0.127. The molecular weight excluding hydrogens is 226 g/mol. The van der Waals surface area contributed by atoms with Gasteiger partial charge in [-0.05, 0) is 37.1 Å². The maximum absolute atomic E-state index is 11.8. The summed E-state index contributed by atoms with van der Waals surface area (Å²) in [6.07, 6.45) is 2.19. The van der Waals surface area contributed by atoms with Crippen molar-refractivity contribution in [3.8, 4) is 0 Å². The minimum atomic E-state index is -0.303. The number of nitrogens with one attached hydrogen (secondary N) is 1. The summed E-state index contributed by atoms with van der Waals surface area (Å²) in [6.45, 7) is 0. The normalized spacial score (nSPS) is 19.8. The van der Waals surface area contributed by atoms with Crippen molar-refractivity contribution in [2.45, 2.75) is 25.3 Å². The fourth-order valence-electron chi connectivity index (χ4n) is 1.81. The van der Waals surface area contributed by atoms with Gasteiger partial charge in [0, 0.05) is 17.0 Å². The van der Waals surface area contributed by atoms with Gasteiger partial charge in [0.2, 0.25) is 0 Å². The van der Waals surface area contributed by atoms with E-state index in [4.69, 9.17) is 11.6 Å². The molecule has 1 amide bonds. The molecular formula is C12H12ClNO2.